The summed E-state index contributed by atoms with van der Waals surface area (Å²) in [5, 5.41) is 0. The van der Waals surface area contributed by atoms with Crippen LogP contribution in [0, 0.1) is 0 Å². The number of esters is 1. The van der Waals surface area contributed by atoms with Crippen LogP contribution in [-0.4, -0.2) is 61.5 Å². The number of carbonyl (C=O) groups excluding carboxylic acids is 1. The Morgan fingerprint density at radius 3 is 2.25 bits per heavy atom. The van der Waals surface area contributed by atoms with Crippen LogP contribution in [0.3, 0.4) is 0 Å². The zero-order valence-electron chi connectivity index (χ0n) is 7.56. The zero-order chi connectivity index (χ0) is 8.53. The Bertz CT molecular complexity index is 105. The summed E-state index contributed by atoms with van der Waals surface area (Å²) >= 11 is 0. The van der Waals surface area contributed by atoms with Crippen molar-refractivity contribution in [2.45, 2.75) is 46.0 Å². The van der Waals surface area contributed by atoms with E-state index in [0.29, 0.717) is 13.0 Å². The number of carbonyl (C=O) groups is 1. The summed E-state index contributed by atoms with van der Waals surface area (Å²) in [5.41, 5.74) is 0. The molecule has 0 N–H and O–H groups in total. The SMILES string of the molecule is CCCCOC(=O)CCCC.[BaH2]. The fraction of sp³-hybridized carbons (Fsp3) is 0.889. The van der Waals surface area contributed by atoms with Crippen LogP contribution in [0.5, 0.6) is 0 Å². The summed E-state index contributed by atoms with van der Waals surface area (Å²) in [7, 11) is 0. The second-order valence-corrected chi connectivity index (χ2v) is 2.68. The van der Waals surface area contributed by atoms with Crippen LogP contribution in [0.25, 0.3) is 0 Å². The molecule has 0 saturated heterocycles. The summed E-state index contributed by atoms with van der Waals surface area (Å²) in [6.07, 6.45) is 4.66. The van der Waals surface area contributed by atoms with E-state index < -0.39 is 0 Å². The van der Waals surface area contributed by atoms with Crippen molar-refractivity contribution in [3.63, 3.8) is 0 Å². The van der Waals surface area contributed by atoms with Gasteiger partial charge in [-0.1, -0.05) is 26.7 Å². The molecule has 70 valence electrons. The fourth-order valence-electron chi connectivity index (χ4n) is 0.724. The molecule has 0 amide bonds. The molecule has 0 fully saturated rings. The predicted molar refractivity (Wildman–Crippen MR) is 53.9 cm³/mol. The van der Waals surface area contributed by atoms with E-state index in [2.05, 4.69) is 13.8 Å². The van der Waals surface area contributed by atoms with Crippen molar-refractivity contribution in [2.24, 2.45) is 0 Å². The maximum atomic E-state index is 10.9. The zero-order valence-corrected chi connectivity index (χ0v) is 7.56. The molecule has 0 atom stereocenters. The van der Waals surface area contributed by atoms with Gasteiger partial charge in [0.25, 0.3) is 0 Å². The Hall–Kier alpha value is 1.04. The summed E-state index contributed by atoms with van der Waals surface area (Å²) in [4.78, 5) is 10.9. The van der Waals surface area contributed by atoms with Crippen LogP contribution in [-0.2, 0) is 9.53 Å². The van der Waals surface area contributed by atoms with Gasteiger partial charge in [-0.25, -0.2) is 0 Å². The van der Waals surface area contributed by atoms with E-state index in [1.807, 2.05) is 0 Å². The molecule has 0 aliphatic carbocycles. The van der Waals surface area contributed by atoms with Gasteiger partial charge in [0, 0.05) is 6.42 Å². The molecule has 0 aliphatic rings. The summed E-state index contributed by atoms with van der Waals surface area (Å²) < 4.78 is 4.95. The van der Waals surface area contributed by atoms with Crippen LogP contribution < -0.4 is 0 Å². The minimum absolute atomic E-state index is 0. The van der Waals surface area contributed by atoms with Crippen molar-refractivity contribution < 1.29 is 9.53 Å². The molecule has 0 saturated carbocycles. The van der Waals surface area contributed by atoms with E-state index in [0.717, 1.165) is 25.7 Å². The van der Waals surface area contributed by atoms with Crippen LogP contribution in [0.4, 0.5) is 0 Å². The van der Waals surface area contributed by atoms with Gasteiger partial charge in [-0.3, -0.25) is 4.79 Å². The molecule has 0 radical (unpaired) electrons. The van der Waals surface area contributed by atoms with Gasteiger partial charge < -0.3 is 4.74 Å². The quantitative estimate of drug-likeness (QED) is 0.423. The van der Waals surface area contributed by atoms with E-state index in [9.17, 15) is 4.79 Å². The molecule has 0 heterocycles. The molecule has 3 heteroatoms. The molecule has 0 aromatic heterocycles. The standard InChI is InChI=1S/C9H18O2.Ba.2H/c1-3-5-7-9(10)11-8-6-4-2;;;/h3-8H2,1-2H3;;;. The first kappa shape index (κ1) is 15.5. The van der Waals surface area contributed by atoms with E-state index in [1.165, 1.54) is 0 Å². The van der Waals surface area contributed by atoms with Crippen molar-refractivity contribution in [1.82, 2.24) is 0 Å². The Labute approximate surface area is 116 Å². The van der Waals surface area contributed by atoms with E-state index in [1.54, 1.807) is 0 Å². The van der Waals surface area contributed by atoms with Gasteiger partial charge in [0.15, 0.2) is 0 Å². The molecule has 0 aromatic rings. The average molecular weight is 298 g/mol. The molecule has 0 bridgehead atoms. The van der Waals surface area contributed by atoms with Gasteiger partial charge >= 0.3 is 54.9 Å². The van der Waals surface area contributed by atoms with Crippen molar-refractivity contribution in [3.05, 3.63) is 0 Å². The monoisotopic (exact) mass is 298 g/mol. The maximum absolute atomic E-state index is 10.9. The average Bonchev–Trinajstić information content (AvgIpc) is 2.01. The molecule has 0 aliphatic heterocycles. The van der Waals surface area contributed by atoms with Crippen molar-refractivity contribution in [3.8, 4) is 0 Å². The second-order valence-electron chi connectivity index (χ2n) is 2.68. The van der Waals surface area contributed by atoms with Gasteiger partial charge in [0.05, 0.1) is 6.61 Å². The number of unbranched alkanes of at least 4 members (excludes halogenated alkanes) is 2. The molecule has 2 nitrogen and oxygen atoms in total. The molecular formula is C9H20BaO2. The van der Waals surface area contributed by atoms with E-state index >= 15 is 0 Å². The van der Waals surface area contributed by atoms with Gasteiger partial charge in [-0.05, 0) is 12.8 Å². The molecular weight excluding hydrogens is 277 g/mol. The molecule has 0 rings (SSSR count). The topological polar surface area (TPSA) is 26.3 Å². The normalized spacial score (nSPS) is 8.83. The van der Waals surface area contributed by atoms with Crippen LogP contribution in [0.1, 0.15) is 46.0 Å². The molecule has 12 heavy (non-hydrogen) atoms. The predicted octanol–water partition coefficient (Wildman–Crippen LogP) is 1.60. The number of hydrogen-bond donors (Lipinski definition) is 0. The van der Waals surface area contributed by atoms with E-state index in [-0.39, 0.29) is 54.9 Å². The third-order valence-corrected chi connectivity index (χ3v) is 1.50. The van der Waals surface area contributed by atoms with Gasteiger partial charge in [-0.15, -0.1) is 0 Å². The summed E-state index contributed by atoms with van der Waals surface area (Å²) in [5.74, 6) is -0.0414. The third kappa shape index (κ3) is 11.0. The second kappa shape index (κ2) is 12.0. The van der Waals surface area contributed by atoms with Crippen molar-refractivity contribution in [1.29, 1.82) is 0 Å². The minimum atomic E-state index is -0.0414. The summed E-state index contributed by atoms with van der Waals surface area (Å²) in [6.45, 7) is 4.75. The third-order valence-electron chi connectivity index (χ3n) is 1.50. The molecule has 0 spiro atoms. The van der Waals surface area contributed by atoms with Crippen LogP contribution >= 0.6 is 0 Å². The van der Waals surface area contributed by atoms with Crippen LogP contribution in [0.15, 0.2) is 0 Å². The Morgan fingerprint density at radius 2 is 1.75 bits per heavy atom. The number of rotatable bonds is 6. The van der Waals surface area contributed by atoms with Crippen molar-refractivity contribution in [2.75, 3.05) is 6.61 Å². The first-order valence-electron chi connectivity index (χ1n) is 4.46. The Kier molecular flexibility index (Phi) is 15.6. The van der Waals surface area contributed by atoms with E-state index in [4.69, 9.17) is 4.74 Å². The van der Waals surface area contributed by atoms with Gasteiger partial charge in [-0.2, -0.15) is 0 Å². The molecule has 0 unspecified atom stereocenters. The van der Waals surface area contributed by atoms with Crippen molar-refractivity contribution >= 4 is 54.9 Å². The molecule has 0 aromatic carbocycles. The first-order chi connectivity index (χ1) is 5.31. The number of ether oxygens (including phenoxy) is 1. The first-order valence-corrected chi connectivity index (χ1v) is 4.46. The van der Waals surface area contributed by atoms with Crippen LogP contribution in [0.2, 0.25) is 0 Å². The van der Waals surface area contributed by atoms with Gasteiger partial charge in [0.1, 0.15) is 0 Å². The summed E-state index contributed by atoms with van der Waals surface area (Å²) in [6, 6.07) is 0. The number of hydrogen-bond acceptors (Lipinski definition) is 2. The Balaban J connectivity index is 0. The fourth-order valence-corrected chi connectivity index (χ4v) is 0.724. The van der Waals surface area contributed by atoms with Gasteiger partial charge in [0.2, 0.25) is 0 Å². The Morgan fingerprint density at radius 1 is 1.17 bits per heavy atom.